The molecular weight excluding hydrogens is 218 g/mol. The SMILES string of the molecule is CC1(C)CC1n1nnc2c(C(=O)O)cccc21. The van der Waals surface area contributed by atoms with Crippen LogP contribution in [-0.4, -0.2) is 26.1 Å². The highest BCUT2D eigenvalue weighted by Gasteiger charge is 2.48. The molecule has 1 aliphatic rings. The number of aromatic nitrogens is 3. The molecule has 1 fully saturated rings. The maximum Gasteiger partial charge on any atom is 0.338 e. The zero-order valence-corrected chi connectivity index (χ0v) is 9.71. The normalized spacial score (nSPS) is 21.6. The Hall–Kier alpha value is -1.91. The zero-order valence-electron chi connectivity index (χ0n) is 9.71. The highest BCUT2D eigenvalue weighted by atomic mass is 16.4. The first-order valence-electron chi connectivity index (χ1n) is 5.58. The molecule has 88 valence electrons. The van der Waals surface area contributed by atoms with Gasteiger partial charge >= 0.3 is 5.97 Å². The lowest BCUT2D eigenvalue weighted by molar-refractivity contribution is 0.0699. The Bertz CT molecular complexity index is 615. The molecule has 1 atom stereocenters. The lowest BCUT2D eigenvalue weighted by Crippen LogP contribution is -2.02. The summed E-state index contributed by atoms with van der Waals surface area (Å²) in [6.07, 6.45) is 1.06. The van der Waals surface area contributed by atoms with E-state index >= 15 is 0 Å². The minimum absolute atomic E-state index is 0.215. The molecule has 1 saturated carbocycles. The number of nitrogens with zero attached hydrogens (tertiary/aromatic N) is 3. The number of hydrogen-bond donors (Lipinski definition) is 1. The van der Waals surface area contributed by atoms with E-state index < -0.39 is 5.97 Å². The monoisotopic (exact) mass is 231 g/mol. The molecule has 1 aromatic carbocycles. The lowest BCUT2D eigenvalue weighted by atomic mass is 10.1. The van der Waals surface area contributed by atoms with Crippen LogP contribution in [0.3, 0.4) is 0 Å². The van der Waals surface area contributed by atoms with Gasteiger partial charge in [0.1, 0.15) is 5.52 Å². The average molecular weight is 231 g/mol. The van der Waals surface area contributed by atoms with Gasteiger partial charge in [-0.3, -0.25) is 0 Å². The van der Waals surface area contributed by atoms with Crippen molar-refractivity contribution in [2.75, 3.05) is 0 Å². The minimum atomic E-state index is -0.960. The summed E-state index contributed by atoms with van der Waals surface area (Å²) in [6, 6.07) is 5.50. The predicted octanol–water partition coefficient (Wildman–Crippen LogP) is 2.10. The quantitative estimate of drug-likeness (QED) is 0.859. The van der Waals surface area contributed by atoms with Crippen LogP contribution in [0.1, 0.15) is 36.7 Å². The molecule has 0 radical (unpaired) electrons. The van der Waals surface area contributed by atoms with Crippen molar-refractivity contribution in [1.82, 2.24) is 15.0 Å². The van der Waals surface area contributed by atoms with Gasteiger partial charge in [-0.25, -0.2) is 9.48 Å². The number of carboxylic acid groups (broad SMARTS) is 1. The van der Waals surface area contributed by atoms with Crippen molar-refractivity contribution in [2.24, 2.45) is 5.41 Å². The molecule has 1 aromatic heterocycles. The highest BCUT2D eigenvalue weighted by Crippen LogP contribution is 2.55. The van der Waals surface area contributed by atoms with Crippen LogP contribution in [0.2, 0.25) is 0 Å². The minimum Gasteiger partial charge on any atom is -0.478 e. The molecule has 0 aliphatic heterocycles. The van der Waals surface area contributed by atoms with Crippen molar-refractivity contribution in [3.8, 4) is 0 Å². The molecule has 1 N–H and O–H groups in total. The van der Waals surface area contributed by atoms with Gasteiger partial charge in [0.05, 0.1) is 17.1 Å². The van der Waals surface area contributed by atoms with Crippen molar-refractivity contribution in [3.63, 3.8) is 0 Å². The number of carbonyl (C=O) groups is 1. The van der Waals surface area contributed by atoms with E-state index in [2.05, 4.69) is 24.2 Å². The molecule has 1 aliphatic carbocycles. The van der Waals surface area contributed by atoms with E-state index in [0.717, 1.165) is 11.9 Å². The molecule has 17 heavy (non-hydrogen) atoms. The molecule has 5 nitrogen and oxygen atoms in total. The van der Waals surface area contributed by atoms with E-state index in [9.17, 15) is 4.79 Å². The smallest absolute Gasteiger partial charge is 0.338 e. The molecule has 0 amide bonds. The number of aromatic carboxylic acids is 1. The summed E-state index contributed by atoms with van der Waals surface area (Å²) < 4.78 is 1.85. The molecule has 2 aromatic rings. The third kappa shape index (κ3) is 1.42. The fraction of sp³-hybridized carbons (Fsp3) is 0.417. The maximum atomic E-state index is 11.1. The molecule has 1 unspecified atom stereocenters. The topological polar surface area (TPSA) is 68.0 Å². The maximum absolute atomic E-state index is 11.1. The first kappa shape index (κ1) is 10.3. The summed E-state index contributed by atoms with van der Waals surface area (Å²) in [5, 5.41) is 17.2. The fourth-order valence-corrected chi connectivity index (χ4v) is 2.22. The van der Waals surface area contributed by atoms with Crippen LogP contribution >= 0.6 is 0 Å². The standard InChI is InChI=1S/C12H13N3O2/c1-12(2)6-9(12)15-8-5-3-4-7(11(16)17)10(8)13-14-15/h3-5,9H,6H2,1-2H3,(H,16,17). The van der Waals surface area contributed by atoms with E-state index in [1.807, 2.05) is 10.7 Å². The number of rotatable bonds is 2. The van der Waals surface area contributed by atoms with Crippen molar-refractivity contribution < 1.29 is 9.90 Å². The van der Waals surface area contributed by atoms with Crippen LogP contribution in [0, 0.1) is 5.41 Å². The Kier molecular flexibility index (Phi) is 1.85. The number of hydrogen-bond acceptors (Lipinski definition) is 3. The van der Waals surface area contributed by atoms with E-state index in [1.54, 1.807) is 12.1 Å². The van der Waals surface area contributed by atoms with Gasteiger partial charge in [0, 0.05) is 0 Å². The van der Waals surface area contributed by atoms with Crippen LogP contribution in [0.25, 0.3) is 11.0 Å². The third-order valence-electron chi connectivity index (χ3n) is 3.49. The number of carboxylic acids is 1. The van der Waals surface area contributed by atoms with Crippen LogP contribution < -0.4 is 0 Å². The summed E-state index contributed by atoms with van der Waals surface area (Å²) in [5.41, 5.74) is 1.73. The van der Waals surface area contributed by atoms with Gasteiger partial charge < -0.3 is 5.11 Å². The fourth-order valence-electron chi connectivity index (χ4n) is 2.22. The van der Waals surface area contributed by atoms with E-state index in [4.69, 9.17) is 5.11 Å². The molecule has 0 spiro atoms. The van der Waals surface area contributed by atoms with Crippen LogP contribution in [0.4, 0.5) is 0 Å². The van der Waals surface area contributed by atoms with E-state index in [1.165, 1.54) is 0 Å². The zero-order chi connectivity index (χ0) is 12.2. The van der Waals surface area contributed by atoms with Gasteiger partial charge in [0.2, 0.25) is 0 Å². The van der Waals surface area contributed by atoms with Crippen molar-refractivity contribution in [3.05, 3.63) is 23.8 Å². The Morgan fingerprint density at radius 2 is 2.24 bits per heavy atom. The molecular formula is C12H13N3O2. The van der Waals surface area contributed by atoms with Gasteiger partial charge in [-0.05, 0) is 24.0 Å². The predicted molar refractivity (Wildman–Crippen MR) is 61.9 cm³/mol. The van der Waals surface area contributed by atoms with Gasteiger partial charge in [-0.1, -0.05) is 25.1 Å². The number of fused-ring (bicyclic) bond motifs is 1. The number of benzene rings is 1. The van der Waals surface area contributed by atoms with Crippen LogP contribution in [-0.2, 0) is 0 Å². The van der Waals surface area contributed by atoms with Crippen LogP contribution in [0.5, 0.6) is 0 Å². The summed E-state index contributed by atoms with van der Waals surface area (Å²) in [7, 11) is 0. The van der Waals surface area contributed by atoms with Crippen molar-refractivity contribution in [1.29, 1.82) is 0 Å². The first-order valence-corrected chi connectivity index (χ1v) is 5.58. The van der Waals surface area contributed by atoms with E-state index in [-0.39, 0.29) is 11.0 Å². The van der Waals surface area contributed by atoms with Gasteiger partial charge in [-0.15, -0.1) is 5.10 Å². The highest BCUT2D eigenvalue weighted by molar-refractivity contribution is 6.00. The van der Waals surface area contributed by atoms with Gasteiger partial charge in [0.15, 0.2) is 0 Å². The Labute approximate surface area is 98.0 Å². The van der Waals surface area contributed by atoms with Gasteiger partial charge in [0.25, 0.3) is 0 Å². The summed E-state index contributed by atoms with van der Waals surface area (Å²) in [5.74, 6) is -0.960. The molecule has 5 heteroatoms. The molecule has 3 rings (SSSR count). The lowest BCUT2D eigenvalue weighted by Gasteiger charge is -2.04. The molecule has 0 bridgehead atoms. The summed E-state index contributed by atoms with van der Waals surface area (Å²) in [4.78, 5) is 11.1. The van der Waals surface area contributed by atoms with Crippen molar-refractivity contribution >= 4 is 17.0 Å². The first-order chi connectivity index (χ1) is 8.00. The van der Waals surface area contributed by atoms with E-state index in [0.29, 0.717) is 11.6 Å². The van der Waals surface area contributed by atoms with Crippen molar-refractivity contribution in [2.45, 2.75) is 26.3 Å². The second-order valence-corrected chi connectivity index (χ2v) is 5.22. The summed E-state index contributed by atoms with van der Waals surface area (Å²) >= 11 is 0. The molecule has 0 saturated heterocycles. The molecule has 1 heterocycles. The third-order valence-corrected chi connectivity index (χ3v) is 3.49. The van der Waals surface area contributed by atoms with Crippen LogP contribution in [0.15, 0.2) is 18.2 Å². The Morgan fingerprint density at radius 1 is 1.53 bits per heavy atom. The second-order valence-electron chi connectivity index (χ2n) is 5.22. The second kappa shape index (κ2) is 3.06. The Morgan fingerprint density at radius 3 is 2.82 bits per heavy atom. The average Bonchev–Trinajstić information content (AvgIpc) is 2.74. The summed E-state index contributed by atoms with van der Waals surface area (Å²) in [6.45, 7) is 4.35. The largest absolute Gasteiger partial charge is 0.478 e. The van der Waals surface area contributed by atoms with Gasteiger partial charge in [-0.2, -0.15) is 0 Å². The Balaban J connectivity index is 2.18.